The maximum Gasteiger partial charge on any atom is 0.0200 e. The molecule has 1 atom stereocenters. The van der Waals surface area contributed by atoms with E-state index in [2.05, 4.69) is 60.7 Å². The first-order valence-corrected chi connectivity index (χ1v) is 7.50. The Kier molecular flexibility index (Phi) is 3.83. The molecule has 0 spiro atoms. The second-order valence-corrected chi connectivity index (χ2v) is 7.61. The Hall–Kier alpha value is -0.0900. The third kappa shape index (κ3) is 3.68. The molecule has 1 aliphatic rings. The third-order valence-electron chi connectivity index (χ3n) is 3.83. The van der Waals surface area contributed by atoms with Crippen molar-refractivity contribution in [3.8, 4) is 0 Å². The van der Waals surface area contributed by atoms with Gasteiger partial charge in [0.05, 0.1) is 0 Å². The van der Waals surface area contributed by atoms with Gasteiger partial charge in [-0.15, -0.1) is 0 Å². The smallest absolute Gasteiger partial charge is 0.0200 e. The lowest BCUT2D eigenvalue weighted by molar-refractivity contribution is 0.151. The van der Waals surface area contributed by atoms with Crippen molar-refractivity contribution in [3.05, 3.63) is 33.4 Å². The molecule has 1 aliphatic carbocycles. The highest BCUT2D eigenvalue weighted by atomic mass is 127. The molecule has 0 radical (unpaired) electrons. The van der Waals surface area contributed by atoms with Gasteiger partial charge in [-0.3, -0.25) is 0 Å². The number of rotatable bonds is 2. The Morgan fingerprint density at radius 1 is 1.18 bits per heavy atom. The molecule has 94 valence electrons. The highest BCUT2D eigenvalue weighted by Crippen LogP contribution is 2.41. The maximum atomic E-state index is 6.60. The summed E-state index contributed by atoms with van der Waals surface area (Å²) in [4.78, 5) is 0. The van der Waals surface area contributed by atoms with Crippen LogP contribution in [0.25, 0.3) is 0 Å². The van der Waals surface area contributed by atoms with Crippen molar-refractivity contribution in [3.63, 3.8) is 0 Å². The SMILES string of the molecule is CC1(C)CCCC(N)(Cc2ccc(I)cc2)C1. The minimum absolute atomic E-state index is 0.00847. The predicted molar refractivity (Wildman–Crippen MR) is 82.0 cm³/mol. The molecule has 0 saturated heterocycles. The molecule has 0 aromatic heterocycles. The molecule has 1 unspecified atom stereocenters. The molecule has 1 saturated carbocycles. The van der Waals surface area contributed by atoms with Gasteiger partial charge in [0.2, 0.25) is 0 Å². The largest absolute Gasteiger partial charge is 0.325 e. The molecule has 1 aromatic carbocycles. The maximum absolute atomic E-state index is 6.60. The lowest BCUT2D eigenvalue weighted by atomic mass is 9.66. The Bertz CT molecular complexity index is 382. The van der Waals surface area contributed by atoms with E-state index in [1.165, 1.54) is 28.4 Å². The lowest BCUT2D eigenvalue weighted by Crippen LogP contribution is -2.48. The fourth-order valence-electron chi connectivity index (χ4n) is 3.21. The first kappa shape index (κ1) is 13.3. The van der Waals surface area contributed by atoms with Crippen molar-refractivity contribution in [2.45, 2.75) is 51.5 Å². The number of hydrogen-bond donors (Lipinski definition) is 1. The summed E-state index contributed by atoms with van der Waals surface area (Å²) in [5.74, 6) is 0. The van der Waals surface area contributed by atoms with E-state index in [0.29, 0.717) is 5.41 Å². The van der Waals surface area contributed by atoms with E-state index in [-0.39, 0.29) is 5.54 Å². The number of nitrogens with two attached hydrogens (primary N) is 1. The molecule has 2 heteroatoms. The fourth-order valence-corrected chi connectivity index (χ4v) is 3.57. The summed E-state index contributed by atoms with van der Waals surface area (Å²) in [5.41, 5.74) is 8.40. The Morgan fingerprint density at radius 3 is 2.41 bits per heavy atom. The van der Waals surface area contributed by atoms with Crippen LogP contribution in [0.15, 0.2) is 24.3 Å². The molecule has 1 aromatic rings. The van der Waals surface area contributed by atoms with Gasteiger partial charge in [-0.05, 0) is 71.4 Å². The van der Waals surface area contributed by atoms with Crippen LogP contribution >= 0.6 is 22.6 Å². The van der Waals surface area contributed by atoms with E-state index >= 15 is 0 Å². The van der Waals surface area contributed by atoms with E-state index < -0.39 is 0 Å². The van der Waals surface area contributed by atoms with Crippen LogP contribution < -0.4 is 5.73 Å². The monoisotopic (exact) mass is 343 g/mol. The predicted octanol–water partition coefficient (Wildman–Crippen LogP) is 4.13. The second kappa shape index (κ2) is 4.88. The normalized spacial score (nSPS) is 28.0. The first-order chi connectivity index (χ1) is 7.89. The van der Waals surface area contributed by atoms with Crippen molar-refractivity contribution in [1.82, 2.24) is 0 Å². The van der Waals surface area contributed by atoms with E-state index in [4.69, 9.17) is 5.73 Å². The highest BCUT2D eigenvalue weighted by Gasteiger charge is 2.36. The summed E-state index contributed by atoms with van der Waals surface area (Å²) in [6.45, 7) is 4.70. The number of halogens is 1. The molecule has 1 nitrogen and oxygen atoms in total. The van der Waals surface area contributed by atoms with Crippen LogP contribution in [-0.2, 0) is 6.42 Å². The van der Waals surface area contributed by atoms with Gasteiger partial charge in [0.1, 0.15) is 0 Å². The van der Waals surface area contributed by atoms with Crippen LogP contribution in [0.2, 0.25) is 0 Å². The van der Waals surface area contributed by atoms with Crippen LogP contribution in [-0.4, -0.2) is 5.54 Å². The zero-order valence-electron chi connectivity index (χ0n) is 10.8. The minimum atomic E-state index is 0.00847. The van der Waals surface area contributed by atoms with Gasteiger partial charge in [0.15, 0.2) is 0 Å². The lowest BCUT2D eigenvalue weighted by Gasteiger charge is -2.42. The quantitative estimate of drug-likeness (QED) is 0.803. The average Bonchev–Trinajstić information content (AvgIpc) is 2.19. The fraction of sp³-hybridized carbons (Fsp3) is 0.600. The summed E-state index contributed by atoms with van der Waals surface area (Å²) >= 11 is 2.35. The third-order valence-corrected chi connectivity index (χ3v) is 4.55. The summed E-state index contributed by atoms with van der Waals surface area (Å²) in [7, 11) is 0. The standard InChI is InChI=1S/C15H22IN/c1-14(2)8-3-9-15(17,11-14)10-12-4-6-13(16)7-5-12/h4-7H,3,8-11,17H2,1-2H3. The average molecular weight is 343 g/mol. The van der Waals surface area contributed by atoms with Gasteiger partial charge in [-0.25, -0.2) is 0 Å². The molecule has 0 amide bonds. The van der Waals surface area contributed by atoms with Crippen LogP contribution in [0.5, 0.6) is 0 Å². The Balaban J connectivity index is 2.09. The zero-order chi connectivity index (χ0) is 12.5. The van der Waals surface area contributed by atoms with E-state index in [1.807, 2.05) is 0 Å². The van der Waals surface area contributed by atoms with Crippen molar-refractivity contribution in [2.24, 2.45) is 11.1 Å². The summed E-state index contributed by atoms with van der Waals surface area (Å²) in [6, 6.07) is 8.79. The number of hydrogen-bond acceptors (Lipinski definition) is 1. The molecule has 0 bridgehead atoms. The van der Waals surface area contributed by atoms with Crippen LogP contribution in [0, 0.1) is 8.99 Å². The minimum Gasteiger partial charge on any atom is -0.325 e. The number of benzene rings is 1. The second-order valence-electron chi connectivity index (χ2n) is 6.36. The van der Waals surface area contributed by atoms with Crippen LogP contribution in [0.4, 0.5) is 0 Å². The molecule has 1 fully saturated rings. The molecule has 0 heterocycles. The van der Waals surface area contributed by atoms with Crippen molar-refractivity contribution < 1.29 is 0 Å². The Labute approximate surface area is 118 Å². The van der Waals surface area contributed by atoms with Crippen molar-refractivity contribution >= 4 is 22.6 Å². The van der Waals surface area contributed by atoms with Gasteiger partial charge in [-0.2, -0.15) is 0 Å². The van der Waals surface area contributed by atoms with Gasteiger partial charge < -0.3 is 5.73 Å². The topological polar surface area (TPSA) is 26.0 Å². The van der Waals surface area contributed by atoms with Gasteiger partial charge in [0, 0.05) is 9.11 Å². The van der Waals surface area contributed by atoms with E-state index in [0.717, 1.165) is 12.8 Å². The van der Waals surface area contributed by atoms with Gasteiger partial charge in [0.25, 0.3) is 0 Å². The van der Waals surface area contributed by atoms with E-state index in [9.17, 15) is 0 Å². The Morgan fingerprint density at radius 2 is 1.82 bits per heavy atom. The summed E-state index contributed by atoms with van der Waals surface area (Å²) < 4.78 is 1.29. The molecule has 0 aliphatic heterocycles. The summed E-state index contributed by atoms with van der Waals surface area (Å²) in [6.07, 6.45) is 5.92. The molecular weight excluding hydrogens is 321 g/mol. The summed E-state index contributed by atoms with van der Waals surface area (Å²) in [5, 5.41) is 0. The van der Waals surface area contributed by atoms with Crippen molar-refractivity contribution in [2.75, 3.05) is 0 Å². The molecular formula is C15H22IN. The first-order valence-electron chi connectivity index (χ1n) is 6.42. The van der Waals surface area contributed by atoms with Gasteiger partial charge in [-0.1, -0.05) is 32.4 Å². The van der Waals surface area contributed by atoms with E-state index in [1.54, 1.807) is 0 Å². The van der Waals surface area contributed by atoms with Crippen LogP contribution in [0.1, 0.15) is 45.1 Å². The highest BCUT2D eigenvalue weighted by molar-refractivity contribution is 14.1. The van der Waals surface area contributed by atoms with Gasteiger partial charge >= 0.3 is 0 Å². The molecule has 17 heavy (non-hydrogen) atoms. The zero-order valence-corrected chi connectivity index (χ0v) is 13.0. The molecule has 2 rings (SSSR count). The molecule has 2 N–H and O–H groups in total. The van der Waals surface area contributed by atoms with Crippen LogP contribution in [0.3, 0.4) is 0 Å². The van der Waals surface area contributed by atoms with Crippen molar-refractivity contribution in [1.29, 1.82) is 0 Å².